The summed E-state index contributed by atoms with van der Waals surface area (Å²) in [6.45, 7) is 6.20. The van der Waals surface area contributed by atoms with Crippen molar-refractivity contribution in [2.45, 2.75) is 45.4 Å². The molecule has 0 saturated heterocycles. The highest BCUT2D eigenvalue weighted by atomic mass is 32.1. The molecule has 5 heteroatoms. The Morgan fingerprint density at radius 2 is 2.25 bits per heavy atom. The molecule has 2 aromatic rings. The zero-order valence-corrected chi connectivity index (χ0v) is 13.5. The van der Waals surface area contributed by atoms with Gasteiger partial charge in [0.2, 0.25) is 0 Å². The van der Waals surface area contributed by atoms with E-state index in [9.17, 15) is 0 Å². The van der Waals surface area contributed by atoms with E-state index >= 15 is 0 Å². The third-order valence-electron chi connectivity index (χ3n) is 3.51. The fourth-order valence-corrected chi connectivity index (χ4v) is 3.64. The Labute approximate surface area is 128 Å². The van der Waals surface area contributed by atoms with Crippen molar-refractivity contribution in [2.24, 2.45) is 0 Å². The van der Waals surface area contributed by atoms with E-state index in [1.807, 2.05) is 11.3 Å². The lowest BCUT2D eigenvalue weighted by Crippen LogP contribution is -2.22. The van der Waals surface area contributed by atoms with Crippen LogP contribution in [-0.2, 0) is 19.6 Å². The Hall–Kier alpha value is -0.750. The summed E-state index contributed by atoms with van der Waals surface area (Å²) in [6.07, 6.45) is 2.67. The molecule has 0 aliphatic heterocycles. The SMILES string of the molecule is CCN(Cc1csc(CNC2CC2)n1)Cc1cccs1. The van der Waals surface area contributed by atoms with E-state index in [-0.39, 0.29) is 0 Å². The van der Waals surface area contributed by atoms with E-state index in [0.29, 0.717) is 0 Å². The van der Waals surface area contributed by atoms with Gasteiger partial charge in [0.05, 0.1) is 5.69 Å². The predicted octanol–water partition coefficient (Wildman–Crippen LogP) is 3.48. The average molecular weight is 307 g/mol. The second-order valence-corrected chi connectivity index (χ2v) is 7.25. The lowest BCUT2D eigenvalue weighted by molar-refractivity contribution is 0.271. The van der Waals surface area contributed by atoms with Crippen LogP contribution in [0.15, 0.2) is 22.9 Å². The first-order valence-electron chi connectivity index (χ1n) is 7.25. The van der Waals surface area contributed by atoms with Crippen LogP contribution in [0.25, 0.3) is 0 Å². The van der Waals surface area contributed by atoms with Crippen molar-refractivity contribution in [1.82, 2.24) is 15.2 Å². The van der Waals surface area contributed by atoms with Gasteiger partial charge in [-0.3, -0.25) is 4.90 Å². The minimum Gasteiger partial charge on any atom is -0.308 e. The molecule has 0 spiro atoms. The summed E-state index contributed by atoms with van der Waals surface area (Å²) in [4.78, 5) is 8.62. The molecule has 1 aliphatic carbocycles. The second-order valence-electron chi connectivity index (χ2n) is 5.27. The standard InChI is InChI=1S/C15H21N3S2/c1-2-18(10-14-4-3-7-19-14)9-13-11-20-15(17-13)8-16-12-5-6-12/h3-4,7,11-12,16H,2,5-6,8-10H2,1H3. The largest absolute Gasteiger partial charge is 0.308 e. The first-order chi connectivity index (χ1) is 9.83. The molecule has 0 unspecified atom stereocenters. The van der Waals surface area contributed by atoms with Gasteiger partial charge in [-0.2, -0.15) is 0 Å². The lowest BCUT2D eigenvalue weighted by atomic mass is 10.3. The van der Waals surface area contributed by atoms with Crippen molar-refractivity contribution in [3.8, 4) is 0 Å². The van der Waals surface area contributed by atoms with Gasteiger partial charge >= 0.3 is 0 Å². The zero-order valence-electron chi connectivity index (χ0n) is 11.8. The number of aromatic nitrogens is 1. The lowest BCUT2D eigenvalue weighted by Gasteiger charge is -2.18. The molecule has 0 radical (unpaired) electrons. The molecule has 0 aromatic carbocycles. The van der Waals surface area contributed by atoms with Crippen molar-refractivity contribution in [1.29, 1.82) is 0 Å². The van der Waals surface area contributed by atoms with Crippen LogP contribution in [0.3, 0.4) is 0 Å². The summed E-state index contributed by atoms with van der Waals surface area (Å²) < 4.78 is 0. The third-order valence-corrected chi connectivity index (χ3v) is 5.27. The molecule has 1 saturated carbocycles. The summed E-state index contributed by atoms with van der Waals surface area (Å²) in [5, 5.41) is 9.10. The first-order valence-corrected chi connectivity index (χ1v) is 9.01. The molecule has 20 heavy (non-hydrogen) atoms. The van der Waals surface area contributed by atoms with E-state index in [1.165, 1.54) is 28.4 Å². The maximum Gasteiger partial charge on any atom is 0.107 e. The maximum absolute atomic E-state index is 4.74. The summed E-state index contributed by atoms with van der Waals surface area (Å²) in [5.41, 5.74) is 1.21. The van der Waals surface area contributed by atoms with Gasteiger partial charge in [-0.05, 0) is 30.8 Å². The van der Waals surface area contributed by atoms with Gasteiger partial charge in [-0.1, -0.05) is 13.0 Å². The first kappa shape index (κ1) is 14.2. The van der Waals surface area contributed by atoms with Crippen molar-refractivity contribution in [2.75, 3.05) is 6.54 Å². The Bertz CT molecular complexity index is 517. The van der Waals surface area contributed by atoms with Gasteiger partial charge in [0.1, 0.15) is 5.01 Å². The minimum absolute atomic E-state index is 0.758. The number of nitrogens with zero attached hydrogens (tertiary/aromatic N) is 2. The Kier molecular flexibility index (Phi) is 4.83. The second kappa shape index (κ2) is 6.80. The summed E-state index contributed by atoms with van der Waals surface area (Å²) in [6, 6.07) is 5.09. The number of nitrogens with one attached hydrogen (secondary N) is 1. The predicted molar refractivity (Wildman–Crippen MR) is 86.1 cm³/mol. The Morgan fingerprint density at radius 1 is 1.35 bits per heavy atom. The highest BCUT2D eigenvalue weighted by Gasteiger charge is 2.20. The molecule has 3 nitrogen and oxygen atoms in total. The van der Waals surface area contributed by atoms with Gasteiger partial charge in [-0.15, -0.1) is 22.7 Å². The highest BCUT2D eigenvalue weighted by Crippen LogP contribution is 2.20. The monoisotopic (exact) mass is 307 g/mol. The Balaban J connectivity index is 1.52. The summed E-state index contributed by atoms with van der Waals surface area (Å²) in [7, 11) is 0. The molecule has 1 aliphatic rings. The molecule has 1 fully saturated rings. The number of thiazole rings is 1. The van der Waals surface area contributed by atoms with Gasteiger partial charge in [0.15, 0.2) is 0 Å². The van der Waals surface area contributed by atoms with Crippen LogP contribution >= 0.6 is 22.7 Å². The van der Waals surface area contributed by atoms with Crippen LogP contribution in [0, 0.1) is 0 Å². The number of thiophene rings is 1. The molecular formula is C15H21N3S2. The van der Waals surface area contributed by atoms with Gasteiger partial charge < -0.3 is 5.32 Å². The minimum atomic E-state index is 0.758. The van der Waals surface area contributed by atoms with Crippen LogP contribution < -0.4 is 5.32 Å². The molecule has 0 amide bonds. The van der Waals surface area contributed by atoms with Crippen molar-refractivity contribution < 1.29 is 0 Å². The van der Waals surface area contributed by atoms with E-state index in [2.05, 4.69) is 40.0 Å². The van der Waals surface area contributed by atoms with Crippen molar-refractivity contribution >= 4 is 22.7 Å². The summed E-state index contributed by atoms with van der Waals surface area (Å²) >= 11 is 3.61. The number of hydrogen-bond acceptors (Lipinski definition) is 5. The number of hydrogen-bond donors (Lipinski definition) is 1. The average Bonchev–Trinajstić information content (AvgIpc) is 2.96. The fourth-order valence-electron chi connectivity index (χ4n) is 2.15. The molecule has 3 rings (SSSR count). The van der Waals surface area contributed by atoms with E-state index in [1.54, 1.807) is 11.3 Å². The molecule has 2 heterocycles. The van der Waals surface area contributed by atoms with E-state index in [0.717, 1.165) is 32.2 Å². The normalized spacial score (nSPS) is 15.1. The molecule has 1 N–H and O–H groups in total. The topological polar surface area (TPSA) is 28.2 Å². The van der Waals surface area contributed by atoms with Crippen molar-refractivity contribution in [3.63, 3.8) is 0 Å². The van der Waals surface area contributed by atoms with Gasteiger partial charge in [0.25, 0.3) is 0 Å². The highest BCUT2D eigenvalue weighted by molar-refractivity contribution is 7.10. The molecule has 2 aromatic heterocycles. The van der Waals surface area contributed by atoms with E-state index in [4.69, 9.17) is 4.98 Å². The number of rotatable bonds is 8. The van der Waals surface area contributed by atoms with Crippen LogP contribution in [0.5, 0.6) is 0 Å². The smallest absolute Gasteiger partial charge is 0.107 e. The molecular weight excluding hydrogens is 286 g/mol. The van der Waals surface area contributed by atoms with Gasteiger partial charge in [0, 0.05) is 35.9 Å². The summed E-state index contributed by atoms with van der Waals surface area (Å²) in [5.74, 6) is 0. The molecule has 0 bridgehead atoms. The van der Waals surface area contributed by atoms with Gasteiger partial charge in [-0.25, -0.2) is 4.98 Å². The van der Waals surface area contributed by atoms with Crippen LogP contribution in [-0.4, -0.2) is 22.5 Å². The Morgan fingerprint density at radius 3 is 2.95 bits per heavy atom. The van der Waals surface area contributed by atoms with Crippen LogP contribution in [0.4, 0.5) is 0 Å². The van der Waals surface area contributed by atoms with Crippen molar-refractivity contribution in [3.05, 3.63) is 38.5 Å². The maximum atomic E-state index is 4.74. The zero-order chi connectivity index (χ0) is 13.8. The quantitative estimate of drug-likeness (QED) is 0.809. The fraction of sp³-hybridized carbons (Fsp3) is 0.533. The van der Waals surface area contributed by atoms with Crippen LogP contribution in [0.2, 0.25) is 0 Å². The van der Waals surface area contributed by atoms with E-state index < -0.39 is 0 Å². The van der Waals surface area contributed by atoms with Crippen LogP contribution in [0.1, 0.15) is 35.3 Å². The molecule has 0 atom stereocenters. The third kappa shape index (κ3) is 4.12. The molecule has 108 valence electrons.